The highest BCUT2D eigenvalue weighted by atomic mass is 32.1. The van der Waals surface area contributed by atoms with Crippen LogP contribution in [0.4, 0.5) is 0 Å². The normalized spacial score (nSPS) is 14.0. The third-order valence-electron chi connectivity index (χ3n) is 20.0. The summed E-state index contributed by atoms with van der Waals surface area (Å²) in [4.78, 5) is 0. The fourth-order valence-corrected chi connectivity index (χ4v) is 17.7. The molecular formula is C82H47N3S. The second kappa shape index (κ2) is 16.9. The molecule has 4 aliphatic rings. The van der Waals surface area contributed by atoms with Gasteiger partial charge >= 0.3 is 0 Å². The molecule has 20 rings (SSSR count). The van der Waals surface area contributed by atoms with E-state index in [0.29, 0.717) is 0 Å². The SMILES string of the molecule is c1ccc2c(c1)-c1ccccc1C21c2ccccc2-c2ccc(-c3ccc4sc5c(-c6ccc(-c7nnc8c9ccccc9c9ccccc9n78)cc6)cc(-c6ccc7c(c6)C6(c8ccccc8-c8ccccc86)c6ccccc6-7)cc5c4c3)cc21. The Hall–Kier alpha value is -10.8. The van der Waals surface area contributed by atoms with Crippen molar-refractivity contribution < 1.29 is 0 Å². The van der Waals surface area contributed by atoms with Crippen LogP contribution in [-0.4, -0.2) is 14.6 Å². The Morgan fingerprint density at radius 2 is 0.651 bits per heavy atom. The monoisotopic (exact) mass is 1110 g/mol. The molecule has 0 radical (unpaired) electrons. The lowest BCUT2D eigenvalue weighted by atomic mass is 9.70. The summed E-state index contributed by atoms with van der Waals surface area (Å²) in [6.07, 6.45) is 0. The van der Waals surface area contributed by atoms with Gasteiger partial charge in [-0.1, -0.05) is 243 Å². The van der Waals surface area contributed by atoms with E-state index in [1.165, 1.54) is 148 Å². The van der Waals surface area contributed by atoms with Gasteiger partial charge in [0.25, 0.3) is 0 Å². The van der Waals surface area contributed by atoms with Gasteiger partial charge in [0.15, 0.2) is 11.5 Å². The quantitative estimate of drug-likeness (QED) is 0.164. The van der Waals surface area contributed by atoms with Gasteiger partial charge < -0.3 is 0 Å². The molecule has 0 fully saturated rings. The molecule has 0 atom stereocenters. The molecule has 4 heteroatoms. The molecule has 396 valence electrons. The summed E-state index contributed by atoms with van der Waals surface area (Å²) >= 11 is 1.89. The zero-order chi connectivity index (χ0) is 56.0. The number of para-hydroxylation sites is 1. The number of hydrogen-bond acceptors (Lipinski definition) is 3. The van der Waals surface area contributed by atoms with Gasteiger partial charge in [-0.05, 0) is 165 Å². The zero-order valence-electron chi connectivity index (χ0n) is 46.4. The van der Waals surface area contributed by atoms with Crippen LogP contribution in [0.15, 0.2) is 285 Å². The molecule has 0 bridgehead atoms. The summed E-state index contributed by atoms with van der Waals surface area (Å²) in [5.74, 6) is 0.827. The maximum Gasteiger partial charge on any atom is 0.169 e. The Kier molecular flexibility index (Phi) is 9.20. The predicted octanol–water partition coefficient (Wildman–Crippen LogP) is 20.8. The number of aromatic nitrogens is 3. The smallest absolute Gasteiger partial charge is 0.169 e. The van der Waals surface area contributed by atoms with Gasteiger partial charge in [0.2, 0.25) is 0 Å². The Morgan fingerprint density at radius 3 is 1.19 bits per heavy atom. The average molecular weight is 1110 g/mol. The summed E-state index contributed by atoms with van der Waals surface area (Å²) in [7, 11) is 0. The van der Waals surface area contributed by atoms with Crippen LogP contribution >= 0.6 is 11.3 Å². The largest absolute Gasteiger partial charge is 0.274 e. The number of rotatable bonds is 4. The van der Waals surface area contributed by atoms with Crippen LogP contribution in [0.25, 0.3) is 137 Å². The minimum absolute atomic E-state index is 0.421. The molecule has 0 saturated carbocycles. The Balaban J connectivity index is 0.795. The van der Waals surface area contributed by atoms with E-state index in [1.807, 2.05) is 11.3 Å². The highest BCUT2D eigenvalue weighted by molar-refractivity contribution is 7.26. The standard InChI is InChI=1S/C82H47N3S/c1-2-25-64-54(17-1)63-24-9-16-32-76(63)85-79(83-84-80(64)85)49-35-33-48(34-36-49)65-44-53(52-38-41-62-60-23-8-15-31-73(60)82(75(62)47-52)70-28-12-5-20-57(70)58-21-6-13-29-71(58)82)45-67-66-43-50(39-42-77(66)86-78(65)67)51-37-40-61-59-22-7-14-30-72(59)81(74(61)46-51)68-26-10-3-18-55(68)56-19-4-11-27-69(56)81/h1-47H. The third kappa shape index (κ3) is 5.86. The number of pyridine rings is 1. The summed E-state index contributed by atoms with van der Waals surface area (Å²) in [6, 6.07) is 108. The topological polar surface area (TPSA) is 30.2 Å². The first-order valence-corrected chi connectivity index (χ1v) is 30.6. The van der Waals surface area contributed by atoms with Gasteiger partial charge in [-0.2, -0.15) is 0 Å². The molecule has 0 unspecified atom stereocenters. The van der Waals surface area contributed by atoms with Crippen molar-refractivity contribution in [2.24, 2.45) is 0 Å². The minimum atomic E-state index is -0.455. The van der Waals surface area contributed by atoms with Crippen molar-refractivity contribution in [3.8, 4) is 89.3 Å². The van der Waals surface area contributed by atoms with Crippen LogP contribution in [0.1, 0.15) is 44.5 Å². The number of benzene rings is 13. The van der Waals surface area contributed by atoms with E-state index in [1.54, 1.807) is 0 Å². The summed E-state index contributed by atoms with van der Waals surface area (Å²) in [6.45, 7) is 0. The van der Waals surface area contributed by atoms with Crippen LogP contribution in [0.5, 0.6) is 0 Å². The summed E-state index contributed by atoms with van der Waals surface area (Å²) in [5, 5.41) is 15.7. The van der Waals surface area contributed by atoms with Gasteiger partial charge in [-0.25, -0.2) is 0 Å². The van der Waals surface area contributed by atoms with Crippen LogP contribution in [0.3, 0.4) is 0 Å². The lowest BCUT2D eigenvalue weighted by molar-refractivity contribution is 0.794. The maximum atomic E-state index is 4.92. The average Bonchev–Trinajstić information content (AvgIpc) is 1.54. The minimum Gasteiger partial charge on any atom is -0.274 e. The molecular weight excluding hydrogens is 1060 g/mol. The molecule has 0 amide bonds. The van der Waals surface area contributed by atoms with Crippen LogP contribution in [-0.2, 0) is 10.8 Å². The van der Waals surface area contributed by atoms with Crippen molar-refractivity contribution in [1.82, 2.24) is 14.6 Å². The molecule has 0 aliphatic heterocycles. The Labute approximate surface area is 500 Å². The van der Waals surface area contributed by atoms with Crippen LogP contribution in [0.2, 0.25) is 0 Å². The van der Waals surface area contributed by atoms with Gasteiger partial charge in [0, 0.05) is 42.1 Å². The Morgan fingerprint density at radius 1 is 0.256 bits per heavy atom. The molecule has 3 aromatic heterocycles. The van der Waals surface area contributed by atoms with Crippen molar-refractivity contribution in [3.05, 3.63) is 330 Å². The Bertz CT molecular complexity index is 5550. The molecule has 86 heavy (non-hydrogen) atoms. The van der Waals surface area contributed by atoms with Gasteiger partial charge in [0.1, 0.15) is 0 Å². The first-order valence-electron chi connectivity index (χ1n) is 29.8. The first-order chi connectivity index (χ1) is 42.6. The highest BCUT2D eigenvalue weighted by Crippen LogP contribution is 2.65. The molecule has 3 nitrogen and oxygen atoms in total. The fourth-order valence-electron chi connectivity index (χ4n) is 16.5. The van der Waals surface area contributed by atoms with Gasteiger partial charge in [0.05, 0.1) is 16.3 Å². The third-order valence-corrected chi connectivity index (χ3v) is 21.2. The van der Waals surface area contributed by atoms with E-state index in [0.717, 1.165) is 33.5 Å². The summed E-state index contributed by atoms with van der Waals surface area (Å²) in [5.41, 5.74) is 30.5. The molecule has 3 heterocycles. The predicted molar refractivity (Wildman–Crippen MR) is 355 cm³/mol. The fraction of sp³-hybridized carbons (Fsp3) is 0.0244. The number of fused-ring (bicyclic) bond motifs is 29. The first kappa shape index (κ1) is 46.7. The lowest BCUT2D eigenvalue weighted by Crippen LogP contribution is -2.25. The maximum absolute atomic E-state index is 4.92. The summed E-state index contributed by atoms with van der Waals surface area (Å²) < 4.78 is 4.77. The van der Waals surface area contributed by atoms with Crippen molar-refractivity contribution >= 4 is 58.8 Å². The second-order valence-corrected chi connectivity index (χ2v) is 24.9. The van der Waals surface area contributed by atoms with E-state index in [-0.39, 0.29) is 0 Å². The van der Waals surface area contributed by atoms with E-state index in [2.05, 4.69) is 290 Å². The van der Waals surface area contributed by atoms with Gasteiger partial charge in [-0.15, -0.1) is 21.5 Å². The van der Waals surface area contributed by atoms with Crippen molar-refractivity contribution in [1.29, 1.82) is 0 Å². The van der Waals surface area contributed by atoms with E-state index >= 15 is 0 Å². The van der Waals surface area contributed by atoms with E-state index in [9.17, 15) is 0 Å². The van der Waals surface area contributed by atoms with Crippen LogP contribution in [0, 0.1) is 0 Å². The highest BCUT2D eigenvalue weighted by Gasteiger charge is 2.53. The molecule has 13 aromatic carbocycles. The van der Waals surface area contributed by atoms with Crippen molar-refractivity contribution in [2.45, 2.75) is 10.8 Å². The van der Waals surface area contributed by atoms with Gasteiger partial charge in [-0.3, -0.25) is 4.40 Å². The second-order valence-electron chi connectivity index (χ2n) is 23.8. The number of nitrogens with zero attached hydrogens (tertiary/aromatic N) is 3. The zero-order valence-corrected chi connectivity index (χ0v) is 47.2. The lowest BCUT2D eigenvalue weighted by Gasteiger charge is -2.30. The van der Waals surface area contributed by atoms with Crippen LogP contribution < -0.4 is 0 Å². The molecule has 0 N–H and O–H groups in total. The van der Waals surface area contributed by atoms with E-state index in [4.69, 9.17) is 10.2 Å². The number of hydrogen-bond donors (Lipinski definition) is 0. The van der Waals surface area contributed by atoms with E-state index < -0.39 is 10.8 Å². The molecule has 2 spiro atoms. The molecule has 4 aliphatic carbocycles. The molecule has 0 saturated heterocycles. The van der Waals surface area contributed by atoms with Crippen molar-refractivity contribution in [3.63, 3.8) is 0 Å². The number of thiophene rings is 1. The van der Waals surface area contributed by atoms with Crippen molar-refractivity contribution in [2.75, 3.05) is 0 Å². The molecule has 16 aromatic rings.